The van der Waals surface area contributed by atoms with E-state index in [0.717, 1.165) is 17.1 Å². The summed E-state index contributed by atoms with van der Waals surface area (Å²) in [7, 11) is -3.52. The minimum absolute atomic E-state index is 0.0701. The molecule has 0 atom stereocenters. The second kappa shape index (κ2) is 8.08. The van der Waals surface area contributed by atoms with Crippen LogP contribution < -0.4 is 0 Å². The average Bonchev–Trinajstić information content (AvgIpc) is 3.12. The van der Waals surface area contributed by atoms with E-state index in [1.165, 1.54) is 4.31 Å². The van der Waals surface area contributed by atoms with Crippen molar-refractivity contribution in [3.05, 3.63) is 83.7 Å². The van der Waals surface area contributed by atoms with E-state index in [4.69, 9.17) is 0 Å². The molecule has 1 aromatic heterocycles. The first-order valence-electron chi connectivity index (χ1n) is 9.98. The number of rotatable bonds is 4. The van der Waals surface area contributed by atoms with Crippen molar-refractivity contribution in [2.24, 2.45) is 0 Å². The molecule has 1 aliphatic rings. The van der Waals surface area contributed by atoms with E-state index in [1.54, 1.807) is 35.2 Å². The Hall–Kier alpha value is -2.90. The van der Waals surface area contributed by atoms with Gasteiger partial charge in [0.25, 0.3) is 5.91 Å². The van der Waals surface area contributed by atoms with Gasteiger partial charge in [0.1, 0.15) is 0 Å². The molecule has 0 bridgehead atoms. The van der Waals surface area contributed by atoms with Gasteiger partial charge in [-0.3, -0.25) is 4.79 Å². The summed E-state index contributed by atoms with van der Waals surface area (Å²) in [5, 5.41) is 0. The van der Waals surface area contributed by atoms with Gasteiger partial charge in [0, 0.05) is 48.8 Å². The Bertz CT molecular complexity index is 1120. The molecule has 1 aliphatic heterocycles. The Morgan fingerprint density at radius 1 is 0.767 bits per heavy atom. The lowest BCUT2D eigenvalue weighted by molar-refractivity contribution is 0.0698. The van der Waals surface area contributed by atoms with Crippen LogP contribution in [0, 0.1) is 13.8 Å². The average molecular weight is 424 g/mol. The van der Waals surface area contributed by atoms with Crippen molar-refractivity contribution in [1.29, 1.82) is 0 Å². The summed E-state index contributed by atoms with van der Waals surface area (Å²) in [6.45, 7) is 5.45. The maximum Gasteiger partial charge on any atom is 0.253 e. The van der Waals surface area contributed by atoms with Crippen molar-refractivity contribution in [3.8, 4) is 5.69 Å². The number of benzene rings is 2. The molecule has 2 heterocycles. The van der Waals surface area contributed by atoms with Gasteiger partial charge in [-0.15, -0.1) is 0 Å². The molecule has 1 fully saturated rings. The van der Waals surface area contributed by atoms with E-state index in [9.17, 15) is 13.2 Å². The molecule has 0 radical (unpaired) electrons. The van der Waals surface area contributed by atoms with Gasteiger partial charge in [0.05, 0.1) is 4.90 Å². The number of hydrogen-bond acceptors (Lipinski definition) is 3. The molecule has 6 nitrogen and oxygen atoms in total. The first-order valence-corrected chi connectivity index (χ1v) is 11.4. The van der Waals surface area contributed by atoms with E-state index >= 15 is 0 Å². The number of sulfonamides is 1. The van der Waals surface area contributed by atoms with Crippen LogP contribution in [0.15, 0.2) is 71.6 Å². The minimum Gasteiger partial charge on any atom is -0.336 e. The monoisotopic (exact) mass is 423 g/mol. The SMILES string of the molecule is Cc1ccc(C)n1-c1ccc(C(=O)N2CCN(S(=O)(=O)c3ccccc3)CC2)cc1. The predicted molar refractivity (Wildman–Crippen MR) is 116 cm³/mol. The second-order valence-electron chi connectivity index (χ2n) is 7.51. The van der Waals surface area contributed by atoms with Crippen LogP contribution in [0.5, 0.6) is 0 Å². The van der Waals surface area contributed by atoms with Crippen LogP contribution >= 0.6 is 0 Å². The molecule has 156 valence electrons. The Morgan fingerprint density at radius 3 is 1.90 bits per heavy atom. The fourth-order valence-corrected chi connectivity index (χ4v) is 5.33. The standard InChI is InChI=1S/C23H25N3O3S/c1-18-8-9-19(2)26(18)21-12-10-20(11-13-21)23(27)24-14-16-25(17-15-24)30(28,29)22-6-4-3-5-7-22/h3-13H,14-17H2,1-2H3. The summed E-state index contributed by atoms with van der Waals surface area (Å²) in [5.41, 5.74) is 3.91. The van der Waals surface area contributed by atoms with Crippen molar-refractivity contribution in [2.75, 3.05) is 26.2 Å². The quantitative estimate of drug-likeness (QED) is 0.647. The van der Waals surface area contributed by atoms with Gasteiger partial charge >= 0.3 is 0 Å². The highest BCUT2D eigenvalue weighted by atomic mass is 32.2. The molecule has 0 unspecified atom stereocenters. The van der Waals surface area contributed by atoms with Gasteiger partial charge in [-0.25, -0.2) is 8.42 Å². The molecule has 0 saturated carbocycles. The molecule has 30 heavy (non-hydrogen) atoms. The van der Waals surface area contributed by atoms with Crippen molar-refractivity contribution >= 4 is 15.9 Å². The Kier molecular flexibility index (Phi) is 5.49. The van der Waals surface area contributed by atoms with Crippen molar-refractivity contribution in [2.45, 2.75) is 18.7 Å². The summed E-state index contributed by atoms with van der Waals surface area (Å²) >= 11 is 0. The van der Waals surface area contributed by atoms with Crippen molar-refractivity contribution in [1.82, 2.24) is 13.8 Å². The number of piperazine rings is 1. The Morgan fingerprint density at radius 2 is 1.33 bits per heavy atom. The first kappa shape index (κ1) is 20.4. The summed E-state index contributed by atoms with van der Waals surface area (Å²) in [4.78, 5) is 14.9. The highest BCUT2D eigenvalue weighted by Gasteiger charge is 2.30. The lowest BCUT2D eigenvalue weighted by atomic mass is 10.1. The number of carbonyl (C=O) groups excluding carboxylic acids is 1. The molecule has 0 N–H and O–H groups in total. The lowest BCUT2D eigenvalue weighted by Gasteiger charge is -2.34. The maximum absolute atomic E-state index is 12.9. The topological polar surface area (TPSA) is 62.6 Å². The third-order valence-electron chi connectivity index (χ3n) is 5.55. The molecule has 2 aromatic carbocycles. The zero-order chi connectivity index (χ0) is 21.3. The molecule has 1 saturated heterocycles. The second-order valence-corrected chi connectivity index (χ2v) is 9.45. The van der Waals surface area contributed by atoms with Crippen LogP contribution in [0.2, 0.25) is 0 Å². The lowest BCUT2D eigenvalue weighted by Crippen LogP contribution is -2.50. The summed E-state index contributed by atoms with van der Waals surface area (Å²) in [6, 6.07) is 20.1. The number of amides is 1. The third kappa shape index (κ3) is 3.78. The van der Waals surface area contributed by atoms with Crippen LogP contribution in [0.1, 0.15) is 21.7 Å². The van der Waals surface area contributed by atoms with E-state index in [-0.39, 0.29) is 10.8 Å². The van der Waals surface area contributed by atoms with Gasteiger partial charge in [0.2, 0.25) is 10.0 Å². The fourth-order valence-electron chi connectivity index (χ4n) is 3.88. The predicted octanol–water partition coefficient (Wildman–Crippen LogP) is 3.24. The number of nitrogens with zero attached hydrogens (tertiary/aromatic N) is 3. The van der Waals surface area contributed by atoms with Crippen LogP contribution in [-0.2, 0) is 10.0 Å². The molecular formula is C23H25N3O3S. The normalized spacial score (nSPS) is 15.3. The molecule has 0 aliphatic carbocycles. The largest absolute Gasteiger partial charge is 0.336 e. The van der Waals surface area contributed by atoms with E-state index in [2.05, 4.69) is 30.5 Å². The molecule has 3 aromatic rings. The van der Waals surface area contributed by atoms with E-state index in [1.807, 2.05) is 24.3 Å². The number of hydrogen-bond donors (Lipinski definition) is 0. The number of aromatic nitrogens is 1. The fraction of sp³-hybridized carbons (Fsp3) is 0.261. The maximum atomic E-state index is 12.9. The number of carbonyl (C=O) groups is 1. The Labute approximate surface area is 177 Å². The third-order valence-corrected chi connectivity index (χ3v) is 7.46. The van der Waals surface area contributed by atoms with Gasteiger partial charge < -0.3 is 9.47 Å². The molecule has 0 spiro atoms. The zero-order valence-corrected chi connectivity index (χ0v) is 18.0. The van der Waals surface area contributed by atoms with Crippen LogP contribution in [-0.4, -0.2) is 54.3 Å². The van der Waals surface area contributed by atoms with E-state index < -0.39 is 10.0 Å². The molecular weight excluding hydrogens is 398 g/mol. The summed E-state index contributed by atoms with van der Waals surface area (Å²) in [6.07, 6.45) is 0. The van der Waals surface area contributed by atoms with Crippen LogP contribution in [0.3, 0.4) is 0 Å². The van der Waals surface area contributed by atoms with Gasteiger partial charge in [-0.05, 0) is 62.4 Å². The van der Waals surface area contributed by atoms with E-state index in [0.29, 0.717) is 31.7 Å². The highest BCUT2D eigenvalue weighted by molar-refractivity contribution is 7.89. The highest BCUT2D eigenvalue weighted by Crippen LogP contribution is 2.20. The number of aryl methyl sites for hydroxylation is 2. The first-order chi connectivity index (χ1) is 14.4. The van der Waals surface area contributed by atoms with Crippen LogP contribution in [0.25, 0.3) is 5.69 Å². The van der Waals surface area contributed by atoms with Crippen molar-refractivity contribution < 1.29 is 13.2 Å². The summed E-state index contributed by atoms with van der Waals surface area (Å²) in [5.74, 6) is -0.0701. The van der Waals surface area contributed by atoms with Crippen molar-refractivity contribution in [3.63, 3.8) is 0 Å². The van der Waals surface area contributed by atoms with Gasteiger partial charge in [0.15, 0.2) is 0 Å². The summed E-state index contributed by atoms with van der Waals surface area (Å²) < 4.78 is 29.1. The smallest absolute Gasteiger partial charge is 0.253 e. The molecule has 1 amide bonds. The van der Waals surface area contributed by atoms with Gasteiger partial charge in [-0.1, -0.05) is 18.2 Å². The zero-order valence-electron chi connectivity index (χ0n) is 17.2. The minimum atomic E-state index is -3.52. The molecule has 4 rings (SSSR count). The van der Waals surface area contributed by atoms with Gasteiger partial charge in [-0.2, -0.15) is 4.31 Å². The molecule has 7 heteroatoms. The van der Waals surface area contributed by atoms with Crippen LogP contribution in [0.4, 0.5) is 0 Å². The Balaban J connectivity index is 1.43.